The van der Waals surface area contributed by atoms with Crippen molar-refractivity contribution in [1.29, 1.82) is 0 Å². The number of aromatic amines is 2. The van der Waals surface area contributed by atoms with Gasteiger partial charge in [-0.25, -0.2) is 9.59 Å². The van der Waals surface area contributed by atoms with Crippen LogP contribution in [0.15, 0.2) is 23.0 Å². The second-order valence-electron chi connectivity index (χ2n) is 5.15. The summed E-state index contributed by atoms with van der Waals surface area (Å²) >= 11 is 0. The molecule has 130 valence electrons. The molecule has 0 saturated carbocycles. The molecule has 3 rings (SSSR count). The van der Waals surface area contributed by atoms with Gasteiger partial charge in [-0.15, -0.1) is 0 Å². The molecule has 1 aromatic heterocycles. The van der Waals surface area contributed by atoms with Crippen LogP contribution in [0.1, 0.15) is 11.6 Å². The van der Waals surface area contributed by atoms with Gasteiger partial charge in [0.2, 0.25) is 11.8 Å². The van der Waals surface area contributed by atoms with Gasteiger partial charge < -0.3 is 19.4 Å². The number of carbonyl (C=O) groups excluding carboxylic acids is 3. The Morgan fingerprint density at radius 3 is 1.96 bits per heavy atom. The number of rotatable bonds is 4. The van der Waals surface area contributed by atoms with Gasteiger partial charge in [0.25, 0.3) is 0 Å². The second kappa shape index (κ2) is 6.15. The first-order chi connectivity index (χ1) is 12.0. The molecule has 0 aliphatic carbocycles. The van der Waals surface area contributed by atoms with Crippen LogP contribution in [0.5, 0.6) is 11.5 Å². The van der Waals surface area contributed by atoms with Gasteiger partial charge in [0.15, 0.2) is 5.92 Å². The van der Waals surface area contributed by atoms with Crippen LogP contribution in [0.2, 0.25) is 0 Å². The number of imidazole rings is 1. The van der Waals surface area contributed by atoms with Crippen molar-refractivity contribution in [2.45, 2.75) is 5.92 Å². The normalized spacial score (nSPS) is 14.9. The standard InChI is InChI=1S/C15H14N4O6/c1-24-6-4-3-5-7(25-2)8(6)10-11(17-14(22)16-10)9-12(20)18-15(23)19-13(9)21/h3-5,9H,1-2H3,(H2,16,17,22)(H2,18,19,20,21,23). The summed E-state index contributed by atoms with van der Waals surface area (Å²) in [5.41, 5.74) is -0.118. The third-order valence-electron chi connectivity index (χ3n) is 3.72. The maximum atomic E-state index is 12.1. The number of amides is 4. The third kappa shape index (κ3) is 2.73. The summed E-state index contributed by atoms with van der Waals surface area (Å²) in [5.74, 6) is -2.38. The second-order valence-corrected chi connectivity index (χ2v) is 5.15. The van der Waals surface area contributed by atoms with Crippen molar-refractivity contribution in [1.82, 2.24) is 20.6 Å². The molecule has 2 heterocycles. The maximum Gasteiger partial charge on any atom is 0.328 e. The minimum atomic E-state index is -1.42. The average Bonchev–Trinajstić information content (AvgIpc) is 2.94. The van der Waals surface area contributed by atoms with Gasteiger partial charge in [-0.1, -0.05) is 6.07 Å². The van der Waals surface area contributed by atoms with Crippen molar-refractivity contribution in [3.63, 3.8) is 0 Å². The van der Waals surface area contributed by atoms with Crippen LogP contribution in [0.3, 0.4) is 0 Å². The molecule has 10 heteroatoms. The van der Waals surface area contributed by atoms with Crippen LogP contribution in [0, 0.1) is 0 Å². The lowest BCUT2D eigenvalue weighted by atomic mass is 9.96. The molecule has 0 atom stereocenters. The number of H-pyrrole nitrogens is 2. The zero-order chi connectivity index (χ0) is 18.1. The number of methoxy groups -OCH3 is 2. The SMILES string of the molecule is COc1cccc(OC)c1-c1[nH]c(=O)[nH]c1C1C(=O)NC(=O)NC1=O. The molecule has 4 N–H and O–H groups in total. The molecule has 1 aromatic carbocycles. The smallest absolute Gasteiger partial charge is 0.328 e. The van der Waals surface area contributed by atoms with Crippen molar-refractivity contribution in [2.75, 3.05) is 14.2 Å². The summed E-state index contributed by atoms with van der Waals surface area (Å²) in [6, 6.07) is 4.04. The molecule has 1 aliphatic rings. The molecule has 2 aromatic rings. The van der Waals surface area contributed by atoms with E-state index in [-0.39, 0.29) is 11.4 Å². The number of barbiturate groups is 1. The van der Waals surface area contributed by atoms with Gasteiger partial charge in [0.1, 0.15) is 11.5 Å². The zero-order valence-electron chi connectivity index (χ0n) is 13.3. The van der Waals surface area contributed by atoms with Crippen LogP contribution in [-0.4, -0.2) is 42.0 Å². The van der Waals surface area contributed by atoms with Crippen molar-refractivity contribution in [3.05, 3.63) is 34.4 Å². The summed E-state index contributed by atoms with van der Waals surface area (Å²) < 4.78 is 10.6. The van der Waals surface area contributed by atoms with E-state index in [1.54, 1.807) is 18.2 Å². The fourth-order valence-electron chi connectivity index (χ4n) is 2.69. The van der Waals surface area contributed by atoms with Gasteiger partial charge in [0, 0.05) is 0 Å². The zero-order valence-corrected chi connectivity index (χ0v) is 13.3. The lowest BCUT2D eigenvalue weighted by molar-refractivity contribution is -0.132. The predicted molar refractivity (Wildman–Crippen MR) is 84.4 cm³/mol. The molecule has 1 aliphatic heterocycles. The molecule has 0 radical (unpaired) electrons. The number of nitrogens with one attached hydrogen (secondary N) is 4. The van der Waals surface area contributed by atoms with Crippen LogP contribution in [0.25, 0.3) is 11.3 Å². The molecule has 1 saturated heterocycles. The van der Waals surface area contributed by atoms with E-state index in [4.69, 9.17) is 9.47 Å². The summed E-state index contributed by atoms with van der Waals surface area (Å²) in [5, 5.41) is 3.99. The Hall–Kier alpha value is -3.56. The minimum absolute atomic E-state index is 0.00435. The highest BCUT2D eigenvalue weighted by atomic mass is 16.5. The Balaban J connectivity index is 2.22. The predicted octanol–water partition coefficient (Wildman–Crippen LogP) is -0.163. The molecule has 0 spiro atoms. The highest BCUT2D eigenvalue weighted by molar-refractivity contribution is 6.19. The molecular formula is C15H14N4O6. The Bertz CT molecular complexity index is 886. The topological polar surface area (TPSA) is 142 Å². The fraction of sp³-hybridized carbons (Fsp3) is 0.200. The van der Waals surface area contributed by atoms with Gasteiger partial charge in [-0.2, -0.15) is 0 Å². The maximum absolute atomic E-state index is 12.1. The number of ether oxygens (including phenoxy) is 2. The lowest BCUT2D eigenvalue weighted by Gasteiger charge is -2.21. The molecule has 1 fully saturated rings. The molecule has 0 bridgehead atoms. The van der Waals surface area contributed by atoms with Gasteiger partial charge in [-0.3, -0.25) is 20.2 Å². The summed E-state index contributed by atoms with van der Waals surface area (Å²) in [7, 11) is 2.86. The first-order valence-electron chi connectivity index (χ1n) is 7.15. The van der Waals surface area contributed by atoms with Crippen molar-refractivity contribution in [3.8, 4) is 22.8 Å². The third-order valence-corrected chi connectivity index (χ3v) is 3.72. The van der Waals surface area contributed by atoms with Gasteiger partial charge in [0.05, 0.1) is 31.2 Å². The van der Waals surface area contributed by atoms with E-state index >= 15 is 0 Å². The van der Waals surface area contributed by atoms with E-state index in [2.05, 4.69) is 9.97 Å². The number of hydrogen-bond donors (Lipinski definition) is 4. The largest absolute Gasteiger partial charge is 0.496 e. The number of imide groups is 2. The van der Waals surface area contributed by atoms with E-state index in [1.165, 1.54) is 14.2 Å². The van der Waals surface area contributed by atoms with E-state index in [9.17, 15) is 19.2 Å². The number of hydrogen-bond acceptors (Lipinski definition) is 6. The van der Waals surface area contributed by atoms with E-state index in [0.29, 0.717) is 17.1 Å². The first-order valence-corrected chi connectivity index (χ1v) is 7.15. The van der Waals surface area contributed by atoms with Crippen molar-refractivity contribution >= 4 is 17.8 Å². The molecule has 25 heavy (non-hydrogen) atoms. The van der Waals surface area contributed by atoms with Crippen molar-refractivity contribution in [2.24, 2.45) is 0 Å². The molecule has 0 unspecified atom stereocenters. The quantitative estimate of drug-likeness (QED) is 0.567. The number of urea groups is 1. The van der Waals surface area contributed by atoms with E-state index in [0.717, 1.165) is 0 Å². The van der Waals surface area contributed by atoms with Gasteiger partial charge in [-0.05, 0) is 12.1 Å². The Labute approximate surface area is 140 Å². The summed E-state index contributed by atoms with van der Waals surface area (Å²) in [6.45, 7) is 0. The average molecular weight is 346 g/mol. The lowest BCUT2D eigenvalue weighted by Crippen LogP contribution is -2.54. The highest BCUT2D eigenvalue weighted by Gasteiger charge is 2.39. The Kier molecular flexibility index (Phi) is 4.01. The summed E-state index contributed by atoms with van der Waals surface area (Å²) in [6.07, 6.45) is 0. The fourth-order valence-corrected chi connectivity index (χ4v) is 2.69. The first kappa shape index (κ1) is 16.3. The van der Waals surface area contributed by atoms with Crippen molar-refractivity contribution < 1.29 is 23.9 Å². The van der Waals surface area contributed by atoms with Crippen LogP contribution in [-0.2, 0) is 9.59 Å². The Morgan fingerprint density at radius 1 is 0.880 bits per heavy atom. The van der Waals surface area contributed by atoms with E-state index < -0.39 is 29.5 Å². The monoisotopic (exact) mass is 346 g/mol. The number of carbonyl (C=O) groups is 3. The van der Waals surface area contributed by atoms with Gasteiger partial charge >= 0.3 is 11.7 Å². The highest BCUT2D eigenvalue weighted by Crippen LogP contribution is 2.39. The Morgan fingerprint density at radius 2 is 1.44 bits per heavy atom. The number of aromatic nitrogens is 2. The van der Waals surface area contributed by atoms with Crippen LogP contribution < -0.4 is 25.8 Å². The molecular weight excluding hydrogens is 332 g/mol. The molecule has 4 amide bonds. The molecule has 10 nitrogen and oxygen atoms in total. The van der Waals surface area contributed by atoms with Crippen LogP contribution >= 0.6 is 0 Å². The number of benzene rings is 1. The minimum Gasteiger partial charge on any atom is -0.496 e. The van der Waals surface area contributed by atoms with Crippen LogP contribution in [0.4, 0.5) is 4.79 Å². The van der Waals surface area contributed by atoms with E-state index in [1.807, 2.05) is 10.6 Å². The summed E-state index contributed by atoms with van der Waals surface area (Å²) in [4.78, 5) is 52.4.